The molecular formula is C29H34N6O3. The molecule has 1 saturated heterocycles. The Morgan fingerprint density at radius 2 is 1.79 bits per heavy atom. The minimum absolute atomic E-state index is 0.197. The van der Waals surface area contributed by atoms with E-state index in [1.165, 1.54) is 12.8 Å². The molecule has 0 radical (unpaired) electrons. The fourth-order valence-electron chi connectivity index (χ4n) is 4.61. The van der Waals surface area contributed by atoms with Gasteiger partial charge in [0, 0.05) is 24.3 Å². The summed E-state index contributed by atoms with van der Waals surface area (Å²) in [6, 6.07) is 18.4. The van der Waals surface area contributed by atoms with E-state index in [2.05, 4.69) is 15.2 Å². The van der Waals surface area contributed by atoms with Crippen molar-refractivity contribution < 1.29 is 14.7 Å². The Morgan fingerprint density at radius 1 is 1.03 bits per heavy atom. The number of carbonyl (C=O) groups is 2. The zero-order valence-electron chi connectivity index (χ0n) is 21.9. The zero-order valence-corrected chi connectivity index (χ0v) is 21.9. The summed E-state index contributed by atoms with van der Waals surface area (Å²) in [6.45, 7) is 7.19. The van der Waals surface area contributed by atoms with Gasteiger partial charge in [-0.05, 0) is 61.3 Å². The number of carboxylic acids is 1. The lowest BCUT2D eigenvalue weighted by Crippen LogP contribution is -2.21. The normalized spacial score (nSPS) is 13.2. The van der Waals surface area contributed by atoms with E-state index in [-0.39, 0.29) is 12.1 Å². The quantitative estimate of drug-likeness (QED) is 0.319. The Labute approximate surface area is 222 Å². The highest BCUT2D eigenvalue weighted by atomic mass is 16.4. The number of nitrogens with zero attached hydrogens (tertiary/aromatic N) is 4. The first-order valence-electron chi connectivity index (χ1n) is 13.0. The third-order valence-corrected chi connectivity index (χ3v) is 6.42. The number of likely N-dealkylation sites (tertiary alicyclic amines) is 1. The van der Waals surface area contributed by atoms with Gasteiger partial charge in [-0.1, -0.05) is 50.2 Å². The molecule has 9 nitrogen and oxygen atoms in total. The van der Waals surface area contributed by atoms with Gasteiger partial charge in [-0.25, -0.2) is 9.50 Å². The molecular weight excluding hydrogens is 480 g/mol. The minimum atomic E-state index is -0.971. The summed E-state index contributed by atoms with van der Waals surface area (Å²) < 4.78 is 1.80. The van der Waals surface area contributed by atoms with E-state index in [9.17, 15) is 14.7 Å². The van der Waals surface area contributed by atoms with Crippen LogP contribution in [0.15, 0.2) is 60.7 Å². The molecule has 4 aromatic rings. The van der Waals surface area contributed by atoms with E-state index in [1.54, 1.807) is 28.8 Å². The van der Waals surface area contributed by atoms with Gasteiger partial charge in [0.05, 0.1) is 17.6 Å². The Hall–Kier alpha value is -4.08. The molecule has 198 valence electrons. The Morgan fingerprint density at radius 3 is 2.53 bits per heavy atom. The van der Waals surface area contributed by atoms with Crippen LogP contribution in [0.3, 0.4) is 0 Å². The monoisotopic (exact) mass is 514 g/mol. The van der Waals surface area contributed by atoms with Crippen LogP contribution in [0.1, 0.15) is 54.0 Å². The number of fused-ring (bicyclic) bond motifs is 1. The number of nitrogens with two attached hydrogens (primary N) is 1. The van der Waals surface area contributed by atoms with E-state index in [4.69, 9.17) is 10.8 Å². The van der Waals surface area contributed by atoms with Gasteiger partial charge in [-0.3, -0.25) is 14.5 Å². The van der Waals surface area contributed by atoms with Crippen LogP contribution in [0.25, 0.3) is 16.9 Å². The van der Waals surface area contributed by atoms with Gasteiger partial charge in [-0.15, -0.1) is 5.10 Å². The maximum atomic E-state index is 13.5. The maximum Gasteiger partial charge on any atom is 0.307 e. The number of carboxylic acid groups (broad SMARTS) is 1. The first-order chi connectivity index (χ1) is 18.5. The first kappa shape index (κ1) is 27.0. The average Bonchev–Trinajstić information content (AvgIpc) is 3.60. The molecule has 9 heteroatoms. The molecule has 1 aliphatic heterocycles. The molecule has 1 fully saturated rings. The number of aromatic nitrogens is 3. The van der Waals surface area contributed by atoms with Gasteiger partial charge in [0.25, 0.3) is 5.91 Å². The number of rotatable bonds is 8. The molecule has 0 unspecified atom stereocenters. The van der Waals surface area contributed by atoms with Gasteiger partial charge in [0.15, 0.2) is 11.5 Å². The van der Waals surface area contributed by atoms with Crippen molar-refractivity contribution in [1.82, 2.24) is 19.5 Å². The number of benzene rings is 2. The molecule has 0 atom stereocenters. The molecule has 0 spiro atoms. The van der Waals surface area contributed by atoms with Crippen molar-refractivity contribution in [1.29, 1.82) is 0 Å². The van der Waals surface area contributed by atoms with Crippen LogP contribution >= 0.6 is 0 Å². The number of amides is 1. The number of anilines is 1. The predicted molar refractivity (Wildman–Crippen MR) is 148 cm³/mol. The molecule has 38 heavy (non-hydrogen) atoms. The zero-order chi connectivity index (χ0) is 27.1. The summed E-state index contributed by atoms with van der Waals surface area (Å²) in [6.07, 6.45) is 2.16. The number of aliphatic carboxylic acids is 1. The second-order valence-corrected chi connectivity index (χ2v) is 8.98. The Balaban J connectivity index is 0.00000164. The number of hydrogen-bond acceptors (Lipinski definition) is 6. The summed E-state index contributed by atoms with van der Waals surface area (Å²) in [5.41, 5.74) is 10.3. The van der Waals surface area contributed by atoms with Crippen molar-refractivity contribution in [2.45, 2.75) is 46.2 Å². The molecule has 1 aliphatic rings. The van der Waals surface area contributed by atoms with Crippen molar-refractivity contribution in [2.24, 2.45) is 5.73 Å². The lowest BCUT2D eigenvalue weighted by Gasteiger charge is -2.15. The Kier molecular flexibility index (Phi) is 8.83. The molecule has 0 saturated carbocycles. The maximum absolute atomic E-state index is 13.5. The molecule has 2 aromatic heterocycles. The topological polar surface area (TPSA) is 126 Å². The van der Waals surface area contributed by atoms with Crippen molar-refractivity contribution in [3.63, 3.8) is 0 Å². The van der Waals surface area contributed by atoms with E-state index in [1.807, 2.05) is 50.2 Å². The highest BCUT2D eigenvalue weighted by Gasteiger charge is 2.21. The summed E-state index contributed by atoms with van der Waals surface area (Å²) in [4.78, 5) is 31.9. The van der Waals surface area contributed by atoms with E-state index in [0.717, 1.165) is 36.5 Å². The van der Waals surface area contributed by atoms with Crippen LogP contribution < -0.4 is 11.1 Å². The fraction of sp³-hybridized carbons (Fsp3) is 0.310. The molecule has 1 amide bonds. The Bertz CT molecular complexity index is 1430. The van der Waals surface area contributed by atoms with Crippen LogP contribution in [-0.2, 0) is 24.3 Å². The molecule has 5 rings (SSSR count). The van der Waals surface area contributed by atoms with Crippen molar-refractivity contribution in [3.05, 3.63) is 83.2 Å². The summed E-state index contributed by atoms with van der Waals surface area (Å²) in [5, 5.41) is 16.9. The third-order valence-electron chi connectivity index (χ3n) is 6.42. The summed E-state index contributed by atoms with van der Waals surface area (Å²) >= 11 is 0. The smallest absolute Gasteiger partial charge is 0.307 e. The van der Waals surface area contributed by atoms with Gasteiger partial charge in [0.1, 0.15) is 0 Å². The number of para-hydroxylation sites is 1. The number of carbonyl (C=O) groups excluding carboxylic acids is 1. The third kappa shape index (κ3) is 6.07. The lowest BCUT2D eigenvalue weighted by molar-refractivity contribution is -0.136. The largest absolute Gasteiger partial charge is 0.481 e. The SMILES string of the molecule is CC.NCc1cccc(-c2nc(C(=O)Nc3ccccc3CC(=O)O)c3ccc(CN4CCCC4)n3n2)c1. The highest BCUT2D eigenvalue weighted by Crippen LogP contribution is 2.24. The van der Waals surface area contributed by atoms with E-state index in [0.29, 0.717) is 29.1 Å². The number of nitrogens with one attached hydrogen (secondary N) is 1. The first-order valence-corrected chi connectivity index (χ1v) is 13.0. The minimum Gasteiger partial charge on any atom is -0.481 e. The van der Waals surface area contributed by atoms with Gasteiger partial charge in [0.2, 0.25) is 0 Å². The van der Waals surface area contributed by atoms with E-state index < -0.39 is 11.9 Å². The standard InChI is InChI=1S/C27H28N6O3.C2H6/c28-16-18-6-5-8-20(14-18)26-30-25(27(36)29-22-9-2-1-7-19(22)15-24(34)35)23-11-10-21(33(23)31-26)17-32-12-3-4-13-32;1-2/h1-2,5-11,14H,3-4,12-13,15-17,28H2,(H,29,36)(H,34,35);1-2H3. The molecule has 0 bridgehead atoms. The van der Waals surface area contributed by atoms with Crippen LogP contribution in [0.4, 0.5) is 5.69 Å². The van der Waals surface area contributed by atoms with Crippen molar-refractivity contribution in [3.8, 4) is 11.4 Å². The van der Waals surface area contributed by atoms with Crippen LogP contribution in [0.2, 0.25) is 0 Å². The van der Waals surface area contributed by atoms with Gasteiger partial charge < -0.3 is 16.2 Å². The molecule has 4 N–H and O–H groups in total. The van der Waals surface area contributed by atoms with Crippen LogP contribution in [0, 0.1) is 0 Å². The van der Waals surface area contributed by atoms with Crippen molar-refractivity contribution in [2.75, 3.05) is 18.4 Å². The van der Waals surface area contributed by atoms with Crippen LogP contribution in [-0.4, -0.2) is 49.6 Å². The molecule has 2 aromatic carbocycles. The van der Waals surface area contributed by atoms with Crippen molar-refractivity contribution >= 4 is 23.1 Å². The second-order valence-electron chi connectivity index (χ2n) is 8.98. The highest BCUT2D eigenvalue weighted by molar-refractivity contribution is 6.08. The molecule has 0 aliphatic carbocycles. The average molecular weight is 515 g/mol. The van der Waals surface area contributed by atoms with Gasteiger partial charge in [-0.2, -0.15) is 0 Å². The summed E-state index contributed by atoms with van der Waals surface area (Å²) in [7, 11) is 0. The van der Waals surface area contributed by atoms with Crippen LogP contribution in [0.5, 0.6) is 0 Å². The van der Waals surface area contributed by atoms with Gasteiger partial charge >= 0.3 is 5.97 Å². The number of hydrogen-bond donors (Lipinski definition) is 3. The fourth-order valence-corrected chi connectivity index (χ4v) is 4.61. The van der Waals surface area contributed by atoms with E-state index >= 15 is 0 Å². The summed E-state index contributed by atoms with van der Waals surface area (Å²) in [5.74, 6) is -0.982. The lowest BCUT2D eigenvalue weighted by atomic mass is 10.1. The predicted octanol–water partition coefficient (Wildman–Crippen LogP) is 4.36. The second kappa shape index (κ2) is 12.4. The molecule has 3 heterocycles.